The van der Waals surface area contributed by atoms with Crippen molar-refractivity contribution >= 4 is 22.3 Å². The molecule has 1 saturated carbocycles. The summed E-state index contributed by atoms with van der Waals surface area (Å²) in [4.78, 5) is 4.82. The summed E-state index contributed by atoms with van der Waals surface area (Å²) in [7, 11) is 0. The molecule has 0 bridgehead atoms. The van der Waals surface area contributed by atoms with E-state index >= 15 is 0 Å². The van der Waals surface area contributed by atoms with Crippen LogP contribution in [-0.2, 0) is 6.42 Å². The lowest BCUT2D eigenvalue weighted by molar-refractivity contribution is 0.837. The molecule has 3 heteroatoms. The van der Waals surface area contributed by atoms with Gasteiger partial charge < -0.3 is 5.73 Å². The van der Waals surface area contributed by atoms with E-state index in [0.717, 1.165) is 24.9 Å². The first-order valence-electron chi connectivity index (χ1n) is 10.6. The van der Waals surface area contributed by atoms with E-state index in [1.54, 1.807) is 0 Å². The van der Waals surface area contributed by atoms with Crippen molar-refractivity contribution in [1.29, 1.82) is 5.41 Å². The van der Waals surface area contributed by atoms with Crippen molar-refractivity contribution in [3.05, 3.63) is 82.4 Å². The second-order valence-electron chi connectivity index (χ2n) is 8.70. The summed E-state index contributed by atoms with van der Waals surface area (Å²) in [6.07, 6.45) is 2.15. The first-order chi connectivity index (χ1) is 14.0. The molecule has 0 aromatic heterocycles. The van der Waals surface area contributed by atoms with E-state index in [1.807, 2.05) is 6.07 Å². The Bertz CT molecular complexity index is 1160. The highest BCUT2D eigenvalue weighted by molar-refractivity contribution is 6.04. The maximum absolute atomic E-state index is 8.10. The van der Waals surface area contributed by atoms with Crippen LogP contribution in [0.4, 0.5) is 0 Å². The van der Waals surface area contributed by atoms with Gasteiger partial charge in [0, 0.05) is 17.8 Å². The molecule has 0 amide bonds. The molecule has 5 rings (SSSR count). The summed E-state index contributed by atoms with van der Waals surface area (Å²) in [5.41, 5.74) is 13.5. The van der Waals surface area contributed by atoms with E-state index in [2.05, 4.69) is 62.4 Å². The van der Waals surface area contributed by atoms with Crippen molar-refractivity contribution in [2.45, 2.75) is 38.5 Å². The Morgan fingerprint density at radius 2 is 1.90 bits per heavy atom. The lowest BCUT2D eigenvalue weighted by Gasteiger charge is -2.20. The lowest BCUT2D eigenvalue weighted by Crippen LogP contribution is -2.18. The number of hydrogen-bond acceptors (Lipinski definition) is 2. The van der Waals surface area contributed by atoms with Crippen molar-refractivity contribution in [2.75, 3.05) is 6.54 Å². The van der Waals surface area contributed by atoms with Crippen molar-refractivity contribution in [1.82, 2.24) is 0 Å². The summed E-state index contributed by atoms with van der Waals surface area (Å²) in [6, 6.07) is 19.6. The van der Waals surface area contributed by atoms with E-state index < -0.39 is 0 Å². The SMILES string of the molecule is CC(C)C1=NCCc2ccc([C@@H]3C[C@H]3c3c(C(=N)N)ccc4ccccc34)cc21. The molecule has 3 nitrogen and oxygen atoms in total. The molecule has 0 radical (unpaired) electrons. The molecule has 0 spiro atoms. The minimum Gasteiger partial charge on any atom is -0.384 e. The molecule has 1 aliphatic carbocycles. The minimum atomic E-state index is 0.163. The quantitative estimate of drug-likeness (QED) is 0.461. The van der Waals surface area contributed by atoms with Crippen LogP contribution in [0.15, 0.2) is 59.6 Å². The summed E-state index contributed by atoms with van der Waals surface area (Å²) in [5.74, 6) is 1.51. The minimum absolute atomic E-state index is 0.163. The van der Waals surface area contributed by atoms with Gasteiger partial charge in [-0.1, -0.05) is 62.4 Å². The zero-order valence-electron chi connectivity index (χ0n) is 17.1. The van der Waals surface area contributed by atoms with Gasteiger partial charge in [-0.25, -0.2) is 0 Å². The smallest absolute Gasteiger partial charge is 0.123 e. The Labute approximate surface area is 172 Å². The highest BCUT2D eigenvalue weighted by Crippen LogP contribution is 2.57. The van der Waals surface area contributed by atoms with E-state index in [-0.39, 0.29) is 5.84 Å². The van der Waals surface area contributed by atoms with Crippen molar-refractivity contribution in [2.24, 2.45) is 16.6 Å². The number of nitrogens with two attached hydrogens (primary N) is 1. The molecular weight excluding hydrogens is 354 g/mol. The number of benzene rings is 3. The topological polar surface area (TPSA) is 62.2 Å². The highest BCUT2D eigenvalue weighted by atomic mass is 14.8. The van der Waals surface area contributed by atoms with Crippen LogP contribution in [0.25, 0.3) is 10.8 Å². The van der Waals surface area contributed by atoms with Gasteiger partial charge in [0.15, 0.2) is 0 Å². The Hall–Kier alpha value is -2.94. The maximum atomic E-state index is 8.10. The second-order valence-corrected chi connectivity index (χ2v) is 8.70. The molecule has 3 aromatic rings. The average molecular weight is 382 g/mol. The summed E-state index contributed by atoms with van der Waals surface area (Å²) >= 11 is 0. The number of amidine groups is 1. The number of nitrogens with zero attached hydrogens (tertiary/aromatic N) is 1. The normalized spacial score (nSPS) is 20.4. The third-order valence-electron chi connectivity index (χ3n) is 6.47. The molecular formula is C26H27N3. The number of hydrogen-bond donors (Lipinski definition) is 2. The zero-order valence-corrected chi connectivity index (χ0v) is 17.1. The van der Waals surface area contributed by atoms with E-state index in [1.165, 1.54) is 38.7 Å². The van der Waals surface area contributed by atoms with Gasteiger partial charge in [-0.2, -0.15) is 0 Å². The Kier molecular flexibility index (Phi) is 4.27. The highest BCUT2D eigenvalue weighted by Gasteiger charge is 2.42. The van der Waals surface area contributed by atoms with Gasteiger partial charge in [-0.15, -0.1) is 0 Å². The number of nitrogens with one attached hydrogen (secondary N) is 1. The molecule has 0 unspecified atom stereocenters. The van der Waals surface area contributed by atoms with Crippen molar-refractivity contribution in [3.63, 3.8) is 0 Å². The Balaban J connectivity index is 1.56. The second kappa shape index (κ2) is 6.84. The molecule has 1 heterocycles. The third-order valence-corrected chi connectivity index (χ3v) is 6.47. The van der Waals surface area contributed by atoms with Crippen LogP contribution >= 0.6 is 0 Å². The molecule has 2 aliphatic rings. The number of nitrogen functional groups attached to an aromatic ring is 1. The molecule has 1 aliphatic heterocycles. The van der Waals surface area contributed by atoms with Gasteiger partial charge >= 0.3 is 0 Å². The van der Waals surface area contributed by atoms with Crippen LogP contribution in [0.3, 0.4) is 0 Å². The van der Waals surface area contributed by atoms with Crippen molar-refractivity contribution in [3.8, 4) is 0 Å². The predicted octanol–water partition coefficient (Wildman–Crippen LogP) is 5.40. The van der Waals surface area contributed by atoms with Gasteiger partial charge in [0.2, 0.25) is 0 Å². The number of aliphatic imine (C=N–C) groups is 1. The molecule has 2 atom stereocenters. The van der Waals surface area contributed by atoms with E-state index in [9.17, 15) is 0 Å². The molecule has 3 N–H and O–H groups in total. The van der Waals surface area contributed by atoms with E-state index in [4.69, 9.17) is 16.1 Å². The fraction of sp³-hybridized carbons (Fsp3) is 0.308. The molecule has 1 fully saturated rings. The average Bonchev–Trinajstić information content (AvgIpc) is 3.52. The lowest BCUT2D eigenvalue weighted by atomic mass is 9.88. The zero-order chi connectivity index (χ0) is 20.1. The maximum Gasteiger partial charge on any atom is 0.123 e. The van der Waals surface area contributed by atoms with Gasteiger partial charge in [-0.05, 0) is 69.7 Å². The van der Waals surface area contributed by atoms with Crippen LogP contribution in [0.1, 0.15) is 59.9 Å². The molecule has 3 aromatic carbocycles. The fourth-order valence-corrected chi connectivity index (χ4v) is 4.97. The first-order valence-corrected chi connectivity index (χ1v) is 10.6. The molecule has 0 saturated heterocycles. The van der Waals surface area contributed by atoms with Crippen molar-refractivity contribution < 1.29 is 0 Å². The molecule has 29 heavy (non-hydrogen) atoms. The number of rotatable bonds is 4. The molecule has 146 valence electrons. The standard InChI is InChI=1S/C26H27N3/c1-15(2)25-22-13-18(8-7-17(22)11-12-29-25)21-14-23(21)24-19-6-4-3-5-16(19)9-10-20(24)26(27)28/h3-10,13,15,21,23H,11-12,14H2,1-2H3,(H3,27,28)/t21-,23+/m0/s1. The van der Waals surface area contributed by atoms with Gasteiger partial charge in [0.1, 0.15) is 5.84 Å². The number of fused-ring (bicyclic) bond motifs is 2. The van der Waals surface area contributed by atoms with Gasteiger partial charge in [-0.3, -0.25) is 10.4 Å². The van der Waals surface area contributed by atoms with Crippen LogP contribution in [0.2, 0.25) is 0 Å². The predicted molar refractivity (Wildman–Crippen MR) is 121 cm³/mol. The summed E-state index contributed by atoms with van der Waals surface area (Å²) < 4.78 is 0. The van der Waals surface area contributed by atoms with Gasteiger partial charge in [0.25, 0.3) is 0 Å². The summed E-state index contributed by atoms with van der Waals surface area (Å²) in [6.45, 7) is 5.37. The monoisotopic (exact) mass is 381 g/mol. The van der Waals surface area contributed by atoms with Crippen LogP contribution in [-0.4, -0.2) is 18.1 Å². The fourth-order valence-electron chi connectivity index (χ4n) is 4.97. The van der Waals surface area contributed by atoms with E-state index in [0.29, 0.717) is 17.8 Å². The summed E-state index contributed by atoms with van der Waals surface area (Å²) in [5, 5.41) is 10.6. The van der Waals surface area contributed by atoms with Crippen LogP contribution < -0.4 is 5.73 Å². The largest absolute Gasteiger partial charge is 0.384 e. The first kappa shape index (κ1) is 18.1. The third kappa shape index (κ3) is 3.05. The van der Waals surface area contributed by atoms with Crippen LogP contribution in [0, 0.1) is 11.3 Å². The Morgan fingerprint density at radius 1 is 1.07 bits per heavy atom. The van der Waals surface area contributed by atoms with Crippen LogP contribution in [0.5, 0.6) is 0 Å². The van der Waals surface area contributed by atoms with Gasteiger partial charge in [0.05, 0.1) is 0 Å². The Morgan fingerprint density at radius 3 is 2.69 bits per heavy atom.